The van der Waals surface area contributed by atoms with E-state index in [0.29, 0.717) is 0 Å². The number of benzene rings is 2. The maximum atomic E-state index is 5.73. The highest BCUT2D eigenvalue weighted by atomic mass is 16.5. The van der Waals surface area contributed by atoms with E-state index < -0.39 is 0 Å². The summed E-state index contributed by atoms with van der Waals surface area (Å²) in [6, 6.07) is 9.99. The zero-order valence-electron chi connectivity index (χ0n) is 8.37. The first-order chi connectivity index (χ1) is 6.70. The van der Waals surface area contributed by atoms with E-state index >= 15 is 0 Å². The molecule has 0 aliphatic rings. The molecule has 0 bridgehead atoms. The molecule has 72 valence electrons. The number of fused-ring (bicyclic) bond motifs is 1. The summed E-state index contributed by atoms with van der Waals surface area (Å²) in [4.78, 5) is 0. The fourth-order valence-corrected chi connectivity index (χ4v) is 1.65. The molecule has 0 heterocycles. The lowest BCUT2D eigenvalue weighted by Crippen LogP contribution is -1.89. The summed E-state index contributed by atoms with van der Waals surface area (Å²) in [6.45, 7) is 2.05. The third-order valence-electron chi connectivity index (χ3n) is 2.30. The highest BCUT2D eigenvalue weighted by molar-refractivity contribution is 5.91. The van der Waals surface area contributed by atoms with Crippen LogP contribution in [-0.4, -0.2) is 7.11 Å². The Bertz CT molecular complexity index is 477. The lowest BCUT2D eigenvalue weighted by atomic mass is 10.1. The van der Waals surface area contributed by atoms with E-state index in [1.54, 1.807) is 7.11 Å². The number of aryl methyl sites for hydroxylation is 1. The van der Waals surface area contributed by atoms with Gasteiger partial charge in [-0.1, -0.05) is 12.1 Å². The van der Waals surface area contributed by atoms with Crippen molar-refractivity contribution in [2.24, 2.45) is 0 Å². The number of nitrogen functional groups attached to an aromatic ring is 1. The minimum absolute atomic E-state index is 0.764. The van der Waals surface area contributed by atoms with E-state index in [4.69, 9.17) is 10.5 Å². The first-order valence-corrected chi connectivity index (χ1v) is 4.54. The standard InChI is InChI=1S/C12H13NO/c1-8-5-9-3-4-10(13)7-11(9)12(6-8)14-2/h3-7H,13H2,1-2H3. The molecule has 0 saturated heterocycles. The molecule has 0 unspecified atom stereocenters. The molecule has 0 fully saturated rings. The van der Waals surface area contributed by atoms with E-state index in [0.717, 1.165) is 22.2 Å². The molecule has 0 radical (unpaired) electrons. The Hall–Kier alpha value is -1.70. The lowest BCUT2D eigenvalue weighted by molar-refractivity contribution is 0.419. The minimum Gasteiger partial charge on any atom is -0.496 e. The maximum absolute atomic E-state index is 5.73. The van der Waals surface area contributed by atoms with Crippen molar-refractivity contribution in [1.29, 1.82) is 0 Å². The van der Waals surface area contributed by atoms with Crippen molar-refractivity contribution in [3.05, 3.63) is 35.9 Å². The second-order valence-corrected chi connectivity index (χ2v) is 3.45. The van der Waals surface area contributed by atoms with Gasteiger partial charge in [0.2, 0.25) is 0 Å². The molecule has 0 spiro atoms. The smallest absolute Gasteiger partial charge is 0.127 e. The first-order valence-electron chi connectivity index (χ1n) is 4.54. The van der Waals surface area contributed by atoms with Gasteiger partial charge in [0.05, 0.1) is 7.11 Å². The third kappa shape index (κ3) is 1.39. The molecule has 2 aromatic rings. The number of hydrogen-bond donors (Lipinski definition) is 1. The summed E-state index contributed by atoms with van der Waals surface area (Å²) in [5.41, 5.74) is 7.69. The van der Waals surface area contributed by atoms with E-state index in [-0.39, 0.29) is 0 Å². The van der Waals surface area contributed by atoms with Crippen LogP contribution in [0.3, 0.4) is 0 Å². The average Bonchev–Trinajstić information content (AvgIpc) is 2.17. The van der Waals surface area contributed by atoms with E-state index in [1.807, 2.05) is 24.3 Å². The third-order valence-corrected chi connectivity index (χ3v) is 2.30. The molecule has 2 N–H and O–H groups in total. The van der Waals surface area contributed by atoms with Gasteiger partial charge in [-0.05, 0) is 36.1 Å². The second kappa shape index (κ2) is 3.22. The molecular formula is C12H13NO. The topological polar surface area (TPSA) is 35.2 Å². The summed E-state index contributed by atoms with van der Waals surface area (Å²) < 4.78 is 5.31. The van der Waals surface area contributed by atoms with Crippen molar-refractivity contribution in [2.45, 2.75) is 6.92 Å². The van der Waals surface area contributed by atoms with E-state index in [2.05, 4.69) is 13.0 Å². The fourth-order valence-electron chi connectivity index (χ4n) is 1.65. The molecular weight excluding hydrogens is 174 g/mol. The lowest BCUT2D eigenvalue weighted by Gasteiger charge is -2.07. The SMILES string of the molecule is COc1cc(C)cc2ccc(N)cc12. The van der Waals surface area contributed by atoms with Gasteiger partial charge in [0, 0.05) is 11.1 Å². The highest BCUT2D eigenvalue weighted by Crippen LogP contribution is 2.28. The molecule has 2 rings (SSSR count). The van der Waals surface area contributed by atoms with Crippen molar-refractivity contribution in [3.8, 4) is 5.75 Å². The van der Waals surface area contributed by atoms with Gasteiger partial charge in [0.1, 0.15) is 5.75 Å². The Balaban J connectivity index is 2.81. The van der Waals surface area contributed by atoms with Crippen LogP contribution in [-0.2, 0) is 0 Å². The zero-order chi connectivity index (χ0) is 10.1. The molecule has 0 aromatic heterocycles. The van der Waals surface area contributed by atoms with Crippen LogP contribution in [0, 0.1) is 6.92 Å². The van der Waals surface area contributed by atoms with Crippen molar-refractivity contribution < 1.29 is 4.74 Å². The Morgan fingerprint density at radius 1 is 1.14 bits per heavy atom. The van der Waals surface area contributed by atoms with Crippen LogP contribution >= 0.6 is 0 Å². The van der Waals surface area contributed by atoms with Crippen LogP contribution in [0.5, 0.6) is 5.75 Å². The van der Waals surface area contributed by atoms with Crippen LogP contribution in [0.25, 0.3) is 10.8 Å². The number of nitrogens with two attached hydrogens (primary N) is 1. The summed E-state index contributed by atoms with van der Waals surface area (Å²) in [6.07, 6.45) is 0. The van der Waals surface area contributed by atoms with Crippen LogP contribution in [0.4, 0.5) is 5.69 Å². The van der Waals surface area contributed by atoms with Gasteiger partial charge in [0.15, 0.2) is 0 Å². The monoisotopic (exact) mass is 187 g/mol. The minimum atomic E-state index is 0.764. The Labute approximate surface area is 83.3 Å². The van der Waals surface area contributed by atoms with Crippen molar-refractivity contribution in [3.63, 3.8) is 0 Å². The second-order valence-electron chi connectivity index (χ2n) is 3.45. The predicted molar refractivity (Wildman–Crippen MR) is 59.6 cm³/mol. The van der Waals surface area contributed by atoms with Gasteiger partial charge in [0.25, 0.3) is 0 Å². The Kier molecular flexibility index (Phi) is 2.04. The van der Waals surface area contributed by atoms with Gasteiger partial charge in [-0.15, -0.1) is 0 Å². The largest absolute Gasteiger partial charge is 0.496 e. The highest BCUT2D eigenvalue weighted by Gasteiger charge is 2.02. The average molecular weight is 187 g/mol. The summed E-state index contributed by atoms with van der Waals surface area (Å²) in [5, 5.41) is 2.23. The quantitative estimate of drug-likeness (QED) is 0.697. The molecule has 14 heavy (non-hydrogen) atoms. The van der Waals surface area contributed by atoms with Crippen LogP contribution < -0.4 is 10.5 Å². The molecule has 0 saturated carbocycles. The summed E-state index contributed by atoms with van der Waals surface area (Å²) in [5.74, 6) is 0.882. The van der Waals surface area contributed by atoms with Crippen molar-refractivity contribution >= 4 is 16.5 Å². The molecule has 0 atom stereocenters. The number of hydrogen-bond acceptors (Lipinski definition) is 2. The van der Waals surface area contributed by atoms with Crippen LogP contribution in [0.1, 0.15) is 5.56 Å². The molecule has 2 heteroatoms. The summed E-state index contributed by atoms with van der Waals surface area (Å²) in [7, 11) is 1.68. The maximum Gasteiger partial charge on any atom is 0.127 e. The molecule has 2 aromatic carbocycles. The number of anilines is 1. The van der Waals surface area contributed by atoms with Crippen molar-refractivity contribution in [1.82, 2.24) is 0 Å². The number of methoxy groups -OCH3 is 1. The first kappa shape index (κ1) is 8.88. The molecule has 0 aliphatic heterocycles. The van der Waals surface area contributed by atoms with E-state index in [9.17, 15) is 0 Å². The van der Waals surface area contributed by atoms with Gasteiger partial charge in [-0.3, -0.25) is 0 Å². The predicted octanol–water partition coefficient (Wildman–Crippen LogP) is 2.74. The Morgan fingerprint density at radius 3 is 2.64 bits per heavy atom. The number of rotatable bonds is 1. The van der Waals surface area contributed by atoms with Crippen molar-refractivity contribution in [2.75, 3.05) is 12.8 Å². The Morgan fingerprint density at radius 2 is 1.93 bits per heavy atom. The number of ether oxygens (including phenoxy) is 1. The van der Waals surface area contributed by atoms with Gasteiger partial charge >= 0.3 is 0 Å². The normalized spacial score (nSPS) is 10.4. The van der Waals surface area contributed by atoms with Gasteiger partial charge < -0.3 is 10.5 Å². The molecule has 2 nitrogen and oxygen atoms in total. The van der Waals surface area contributed by atoms with Gasteiger partial charge in [-0.2, -0.15) is 0 Å². The molecule has 0 aliphatic carbocycles. The van der Waals surface area contributed by atoms with Gasteiger partial charge in [-0.25, -0.2) is 0 Å². The van der Waals surface area contributed by atoms with E-state index in [1.165, 1.54) is 5.56 Å². The fraction of sp³-hybridized carbons (Fsp3) is 0.167. The van der Waals surface area contributed by atoms with Crippen LogP contribution in [0.15, 0.2) is 30.3 Å². The summed E-state index contributed by atoms with van der Waals surface area (Å²) >= 11 is 0. The molecule has 0 amide bonds. The zero-order valence-corrected chi connectivity index (χ0v) is 8.37. The van der Waals surface area contributed by atoms with Crippen LogP contribution in [0.2, 0.25) is 0 Å².